The Morgan fingerprint density at radius 3 is 2.56 bits per heavy atom. The van der Waals surface area contributed by atoms with Crippen LogP contribution in [0.2, 0.25) is 0 Å². The van der Waals surface area contributed by atoms with Gasteiger partial charge in [0, 0.05) is 30.9 Å². The van der Waals surface area contributed by atoms with Gasteiger partial charge in [-0.3, -0.25) is 14.3 Å². The number of rotatable bonds is 8. The highest BCUT2D eigenvalue weighted by atomic mass is 32.2. The first kappa shape index (κ1) is 25.7. The highest BCUT2D eigenvalue weighted by molar-refractivity contribution is 7.92. The van der Waals surface area contributed by atoms with Gasteiger partial charge in [-0.05, 0) is 80.5 Å². The van der Waals surface area contributed by atoms with E-state index in [2.05, 4.69) is 23.9 Å². The van der Waals surface area contributed by atoms with Crippen LogP contribution in [0.15, 0.2) is 47.4 Å². The van der Waals surface area contributed by atoms with Crippen molar-refractivity contribution in [3.05, 3.63) is 59.2 Å². The third-order valence-electron chi connectivity index (χ3n) is 6.25. The van der Waals surface area contributed by atoms with Crippen molar-refractivity contribution in [1.82, 2.24) is 10.2 Å². The molecule has 1 aliphatic rings. The number of carbonyl (C=O) groups is 2. The molecular weight excluding hydrogens is 450 g/mol. The fourth-order valence-electron chi connectivity index (χ4n) is 4.00. The van der Waals surface area contributed by atoms with Gasteiger partial charge in [0.1, 0.15) is 0 Å². The predicted molar refractivity (Wildman–Crippen MR) is 134 cm³/mol. The van der Waals surface area contributed by atoms with Crippen LogP contribution in [0.5, 0.6) is 0 Å². The number of hydrogen-bond acceptors (Lipinski definition) is 4. The third-order valence-corrected chi connectivity index (χ3v) is 7.63. The van der Waals surface area contributed by atoms with E-state index in [1.807, 2.05) is 13.8 Å². The Morgan fingerprint density at radius 1 is 1.09 bits per heavy atom. The Kier molecular flexibility index (Phi) is 8.36. The maximum absolute atomic E-state index is 13.2. The average molecular weight is 486 g/mol. The summed E-state index contributed by atoms with van der Waals surface area (Å²) in [6.45, 7) is 9.60. The number of likely N-dealkylation sites (tertiary alicyclic amines) is 1. The SMILES string of the molecule is Cc1ccc(S(=O)(=O)Nc2cccc(C(=O)N3CCCC(C(=O)NCCC(C)C)C3)c2)cc1C. The smallest absolute Gasteiger partial charge is 0.261 e. The lowest BCUT2D eigenvalue weighted by Crippen LogP contribution is -2.45. The molecule has 34 heavy (non-hydrogen) atoms. The van der Waals surface area contributed by atoms with E-state index in [1.54, 1.807) is 47.4 Å². The second-order valence-electron chi connectivity index (χ2n) is 9.50. The summed E-state index contributed by atoms with van der Waals surface area (Å²) < 4.78 is 28.3. The number of aryl methyl sites for hydroxylation is 2. The molecule has 184 valence electrons. The normalized spacial score (nSPS) is 16.4. The fourth-order valence-corrected chi connectivity index (χ4v) is 5.13. The molecule has 2 aromatic carbocycles. The second kappa shape index (κ2) is 11.0. The minimum Gasteiger partial charge on any atom is -0.356 e. The Balaban J connectivity index is 1.68. The second-order valence-corrected chi connectivity index (χ2v) is 11.2. The Labute approximate surface area is 203 Å². The van der Waals surface area contributed by atoms with Crippen molar-refractivity contribution < 1.29 is 18.0 Å². The van der Waals surface area contributed by atoms with E-state index in [0.717, 1.165) is 30.4 Å². The maximum Gasteiger partial charge on any atom is 0.261 e. The maximum atomic E-state index is 13.2. The highest BCUT2D eigenvalue weighted by Crippen LogP contribution is 2.22. The van der Waals surface area contributed by atoms with Crippen LogP contribution < -0.4 is 10.0 Å². The molecule has 2 aromatic rings. The summed E-state index contributed by atoms with van der Waals surface area (Å²) in [5.74, 6) is 0.0840. The van der Waals surface area contributed by atoms with Gasteiger partial charge < -0.3 is 10.2 Å². The van der Waals surface area contributed by atoms with Crippen molar-refractivity contribution in [3.8, 4) is 0 Å². The highest BCUT2D eigenvalue weighted by Gasteiger charge is 2.29. The van der Waals surface area contributed by atoms with E-state index in [9.17, 15) is 18.0 Å². The Bertz CT molecular complexity index is 1140. The minimum absolute atomic E-state index is 0.00643. The van der Waals surface area contributed by atoms with Crippen molar-refractivity contribution in [1.29, 1.82) is 0 Å². The van der Waals surface area contributed by atoms with Gasteiger partial charge in [-0.15, -0.1) is 0 Å². The summed E-state index contributed by atoms with van der Waals surface area (Å²) >= 11 is 0. The number of carbonyl (C=O) groups excluding carboxylic acids is 2. The van der Waals surface area contributed by atoms with Gasteiger partial charge in [0.2, 0.25) is 5.91 Å². The number of hydrogen-bond donors (Lipinski definition) is 2. The lowest BCUT2D eigenvalue weighted by Gasteiger charge is -2.32. The molecule has 2 amide bonds. The molecule has 0 aliphatic carbocycles. The van der Waals surface area contributed by atoms with Gasteiger partial charge in [0.15, 0.2) is 0 Å². The van der Waals surface area contributed by atoms with E-state index < -0.39 is 10.0 Å². The molecule has 0 saturated carbocycles. The Morgan fingerprint density at radius 2 is 1.85 bits per heavy atom. The van der Waals surface area contributed by atoms with Crippen LogP contribution in [0.3, 0.4) is 0 Å². The van der Waals surface area contributed by atoms with Gasteiger partial charge in [0.25, 0.3) is 15.9 Å². The molecule has 1 aliphatic heterocycles. The zero-order chi connectivity index (χ0) is 24.9. The molecule has 0 bridgehead atoms. The largest absolute Gasteiger partial charge is 0.356 e. The average Bonchev–Trinajstić information content (AvgIpc) is 2.80. The molecular formula is C26H35N3O4S. The fraction of sp³-hybridized carbons (Fsp3) is 0.462. The monoisotopic (exact) mass is 485 g/mol. The van der Waals surface area contributed by atoms with E-state index in [-0.39, 0.29) is 22.6 Å². The number of sulfonamides is 1. The number of nitrogens with zero attached hydrogens (tertiary/aromatic N) is 1. The van der Waals surface area contributed by atoms with Crippen molar-refractivity contribution in [2.24, 2.45) is 11.8 Å². The predicted octanol–water partition coefficient (Wildman–Crippen LogP) is 4.12. The van der Waals surface area contributed by atoms with E-state index >= 15 is 0 Å². The van der Waals surface area contributed by atoms with Crippen LogP contribution in [0, 0.1) is 25.7 Å². The van der Waals surface area contributed by atoms with Crippen LogP contribution in [0.1, 0.15) is 54.6 Å². The van der Waals surface area contributed by atoms with Crippen molar-refractivity contribution >= 4 is 27.5 Å². The van der Waals surface area contributed by atoms with Crippen LogP contribution >= 0.6 is 0 Å². The molecule has 1 unspecified atom stereocenters. The zero-order valence-electron chi connectivity index (χ0n) is 20.4. The first-order valence-corrected chi connectivity index (χ1v) is 13.3. The van der Waals surface area contributed by atoms with Gasteiger partial charge in [-0.25, -0.2) is 8.42 Å². The van der Waals surface area contributed by atoms with Crippen molar-refractivity contribution in [3.63, 3.8) is 0 Å². The topological polar surface area (TPSA) is 95.6 Å². The Hall–Kier alpha value is -2.87. The van der Waals surface area contributed by atoms with Crippen molar-refractivity contribution in [2.75, 3.05) is 24.4 Å². The van der Waals surface area contributed by atoms with Crippen molar-refractivity contribution in [2.45, 2.75) is 51.9 Å². The minimum atomic E-state index is -3.78. The van der Waals surface area contributed by atoms with E-state index in [1.165, 1.54) is 0 Å². The molecule has 1 fully saturated rings. The number of nitrogens with one attached hydrogen (secondary N) is 2. The van der Waals surface area contributed by atoms with Crippen LogP contribution in [-0.2, 0) is 14.8 Å². The van der Waals surface area contributed by atoms with Crippen LogP contribution in [-0.4, -0.2) is 44.8 Å². The summed E-state index contributed by atoms with van der Waals surface area (Å²) in [5.41, 5.74) is 2.62. The van der Waals surface area contributed by atoms with Gasteiger partial charge >= 0.3 is 0 Å². The molecule has 7 nitrogen and oxygen atoms in total. The molecule has 1 saturated heterocycles. The standard InChI is InChI=1S/C26H35N3O4S/c1-18(2)12-13-27-25(30)22-8-6-14-29(17-22)26(31)21-7-5-9-23(16-21)28-34(32,33)24-11-10-19(3)20(4)15-24/h5,7,9-11,15-16,18,22,28H,6,8,12-14,17H2,1-4H3,(H,27,30). The molecule has 3 rings (SSSR count). The molecule has 0 aromatic heterocycles. The van der Waals surface area contributed by atoms with Crippen LogP contribution in [0.25, 0.3) is 0 Å². The molecule has 2 N–H and O–H groups in total. The molecule has 0 spiro atoms. The van der Waals surface area contributed by atoms with E-state index in [0.29, 0.717) is 36.8 Å². The summed E-state index contributed by atoms with van der Waals surface area (Å²) in [6, 6.07) is 11.5. The summed E-state index contributed by atoms with van der Waals surface area (Å²) in [5, 5.41) is 2.99. The number of anilines is 1. The summed E-state index contributed by atoms with van der Waals surface area (Å²) in [7, 11) is -3.78. The summed E-state index contributed by atoms with van der Waals surface area (Å²) in [6.07, 6.45) is 2.44. The number of piperidine rings is 1. The lowest BCUT2D eigenvalue weighted by molar-refractivity contribution is -0.126. The third kappa shape index (κ3) is 6.59. The van der Waals surface area contributed by atoms with Gasteiger partial charge in [-0.2, -0.15) is 0 Å². The molecule has 1 heterocycles. The number of amides is 2. The first-order valence-electron chi connectivity index (χ1n) is 11.8. The first-order chi connectivity index (χ1) is 16.1. The van der Waals surface area contributed by atoms with Crippen LogP contribution in [0.4, 0.5) is 5.69 Å². The van der Waals surface area contributed by atoms with Gasteiger partial charge in [0.05, 0.1) is 10.8 Å². The molecule has 0 radical (unpaired) electrons. The lowest BCUT2D eigenvalue weighted by atomic mass is 9.96. The quantitative estimate of drug-likeness (QED) is 0.588. The zero-order valence-corrected chi connectivity index (χ0v) is 21.2. The molecule has 8 heteroatoms. The molecule has 1 atom stereocenters. The van der Waals surface area contributed by atoms with Gasteiger partial charge in [-0.1, -0.05) is 26.0 Å². The number of benzene rings is 2. The summed E-state index contributed by atoms with van der Waals surface area (Å²) in [4.78, 5) is 27.6. The van der Waals surface area contributed by atoms with E-state index in [4.69, 9.17) is 0 Å².